The van der Waals surface area contributed by atoms with E-state index < -0.39 is 4.92 Å². The zero-order chi connectivity index (χ0) is 22.5. The van der Waals surface area contributed by atoms with Crippen molar-refractivity contribution in [1.82, 2.24) is 9.97 Å². The van der Waals surface area contributed by atoms with Crippen LogP contribution in [0.2, 0.25) is 0 Å². The Kier molecular flexibility index (Phi) is 6.32. The van der Waals surface area contributed by atoms with E-state index in [4.69, 9.17) is 4.98 Å². The van der Waals surface area contributed by atoms with Crippen molar-refractivity contribution in [3.63, 3.8) is 0 Å². The largest absolute Gasteiger partial charge is 0.278 e. The molecule has 0 N–H and O–H groups in total. The predicted molar refractivity (Wildman–Crippen MR) is 130 cm³/mol. The molecule has 1 heterocycles. The molecule has 0 radical (unpaired) electrons. The first-order valence-electron chi connectivity index (χ1n) is 9.73. The van der Waals surface area contributed by atoms with Crippen LogP contribution in [0.3, 0.4) is 0 Å². The van der Waals surface area contributed by atoms with E-state index in [0.717, 1.165) is 21.3 Å². The van der Waals surface area contributed by atoms with Crippen molar-refractivity contribution in [3.8, 4) is 22.6 Å². The van der Waals surface area contributed by atoms with Crippen LogP contribution in [0.15, 0.2) is 94.5 Å². The maximum Gasteiger partial charge on any atom is 0.278 e. The van der Waals surface area contributed by atoms with Crippen molar-refractivity contribution < 1.29 is 4.92 Å². The van der Waals surface area contributed by atoms with Gasteiger partial charge in [-0.1, -0.05) is 70.5 Å². The maximum absolute atomic E-state index is 11.3. The molecule has 0 fully saturated rings. The van der Waals surface area contributed by atoms with Crippen LogP contribution in [0.1, 0.15) is 5.56 Å². The highest BCUT2D eigenvalue weighted by molar-refractivity contribution is 9.10. The van der Waals surface area contributed by atoms with Crippen LogP contribution in [-0.2, 0) is 0 Å². The minimum Gasteiger partial charge on any atom is -0.258 e. The Morgan fingerprint density at radius 2 is 1.62 bits per heavy atom. The summed E-state index contributed by atoms with van der Waals surface area (Å²) in [5, 5.41) is 17.2. The molecule has 32 heavy (non-hydrogen) atoms. The van der Waals surface area contributed by atoms with Crippen molar-refractivity contribution in [1.29, 1.82) is 0 Å². The Bertz CT molecular complexity index is 1280. The summed E-state index contributed by atoms with van der Waals surface area (Å²) in [7, 11) is 1.74. The number of anilines is 1. The van der Waals surface area contributed by atoms with Crippen molar-refractivity contribution >= 4 is 33.6 Å². The molecule has 158 valence electrons. The Morgan fingerprint density at radius 1 is 0.938 bits per heavy atom. The van der Waals surface area contributed by atoms with E-state index in [2.05, 4.69) is 26.0 Å². The molecule has 7 nitrogen and oxygen atoms in total. The minimum absolute atomic E-state index is 0.00661. The molecule has 0 atom stereocenters. The van der Waals surface area contributed by atoms with Gasteiger partial charge in [0.15, 0.2) is 11.6 Å². The van der Waals surface area contributed by atoms with E-state index in [0.29, 0.717) is 17.2 Å². The quantitative estimate of drug-likeness (QED) is 0.190. The number of halogens is 1. The van der Waals surface area contributed by atoms with E-state index in [1.807, 2.05) is 60.7 Å². The average molecular weight is 488 g/mol. The van der Waals surface area contributed by atoms with Crippen LogP contribution in [0.5, 0.6) is 0 Å². The molecule has 0 aliphatic rings. The summed E-state index contributed by atoms with van der Waals surface area (Å²) in [6.07, 6.45) is 1.46. The first kappa shape index (κ1) is 21.3. The third kappa shape index (κ3) is 4.87. The van der Waals surface area contributed by atoms with E-state index in [9.17, 15) is 10.1 Å². The summed E-state index contributed by atoms with van der Waals surface area (Å²) in [5.74, 6) is 1.12. The van der Waals surface area contributed by atoms with Gasteiger partial charge >= 0.3 is 0 Å². The Labute approximate surface area is 193 Å². The highest BCUT2D eigenvalue weighted by atomic mass is 79.9. The van der Waals surface area contributed by atoms with Gasteiger partial charge in [0.1, 0.15) is 0 Å². The molecule has 1 aromatic heterocycles. The van der Waals surface area contributed by atoms with Gasteiger partial charge in [-0.05, 0) is 18.2 Å². The number of para-hydroxylation sites is 1. The lowest BCUT2D eigenvalue weighted by Gasteiger charge is -2.15. The summed E-state index contributed by atoms with van der Waals surface area (Å²) in [6.45, 7) is 0. The van der Waals surface area contributed by atoms with E-state index in [-0.39, 0.29) is 5.69 Å². The minimum atomic E-state index is -0.425. The number of hydrogen-bond donors (Lipinski definition) is 0. The fourth-order valence-corrected chi connectivity index (χ4v) is 3.32. The molecular weight excluding hydrogens is 470 g/mol. The highest BCUT2D eigenvalue weighted by Gasteiger charge is 2.13. The number of nitrogens with zero attached hydrogens (tertiary/aromatic N) is 5. The number of nitro benzene ring substituents is 1. The third-order valence-corrected chi connectivity index (χ3v) is 5.25. The lowest BCUT2D eigenvalue weighted by atomic mass is 10.1. The Balaban J connectivity index is 1.75. The number of rotatable bonds is 6. The fraction of sp³-hybridized carbons (Fsp3) is 0.0417. The SMILES string of the molecule is CN(/N=C/c1ccccc1[N+](=O)[O-])c1cc(-c2ccccc2)nc(-c2ccc(Br)cc2)n1. The van der Waals surface area contributed by atoms with Gasteiger partial charge in [0.25, 0.3) is 5.69 Å². The number of hydrogen-bond acceptors (Lipinski definition) is 6. The maximum atomic E-state index is 11.3. The Morgan fingerprint density at radius 3 is 2.34 bits per heavy atom. The predicted octanol–water partition coefficient (Wildman–Crippen LogP) is 5.95. The highest BCUT2D eigenvalue weighted by Crippen LogP contribution is 2.27. The van der Waals surface area contributed by atoms with Gasteiger partial charge in [0.05, 0.1) is 22.4 Å². The smallest absolute Gasteiger partial charge is 0.258 e. The molecule has 3 aromatic carbocycles. The van der Waals surface area contributed by atoms with Gasteiger partial charge in [-0.3, -0.25) is 15.1 Å². The normalized spacial score (nSPS) is 10.9. The van der Waals surface area contributed by atoms with Crippen LogP contribution in [-0.4, -0.2) is 28.2 Å². The second-order valence-electron chi connectivity index (χ2n) is 6.89. The summed E-state index contributed by atoms with van der Waals surface area (Å²) >= 11 is 3.45. The van der Waals surface area contributed by atoms with Gasteiger partial charge in [-0.25, -0.2) is 9.97 Å². The van der Waals surface area contributed by atoms with Crippen LogP contribution in [0.4, 0.5) is 11.5 Å². The van der Waals surface area contributed by atoms with Crippen LogP contribution in [0.25, 0.3) is 22.6 Å². The number of hydrazone groups is 1. The van der Waals surface area contributed by atoms with Crippen LogP contribution >= 0.6 is 15.9 Å². The van der Waals surface area contributed by atoms with Crippen molar-refractivity contribution in [2.45, 2.75) is 0 Å². The second-order valence-corrected chi connectivity index (χ2v) is 7.81. The van der Waals surface area contributed by atoms with E-state index in [1.165, 1.54) is 12.3 Å². The third-order valence-electron chi connectivity index (χ3n) is 4.72. The monoisotopic (exact) mass is 487 g/mol. The van der Waals surface area contributed by atoms with Gasteiger partial charge in [-0.2, -0.15) is 5.10 Å². The number of nitro groups is 1. The summed E-state index contributed by atoms with van der Waals surface area (Å²) in [5.41, 5.74) is 2.97. The molecule has 8 heteroatoms. The summed E-state index contributed by atoms with van der Waals surface area (Å²) < 4.78 is 0.965. The van der Waals surface area contributed by atoms with Crippen LogP contribution < -0.4 is 5.01 Å². The lowest BCUT2D eigenvalue weighted by Crippen LogP contribution is -2.12. The Hall–Kier alpha value is -3.91. The van der Waals surface area contributed by atoms with Gasteiger partial charge in [0, 0.05) is 34.8 Å². The topological polar surface area (TPSA) is 84.5 Å². The van der Waals surface area contributed by atoms with Crippen LogP contribution in [0, 0.1) is 10.1 Å². The second kappa shape index (κ2) is 9.49. The molecule has 0 saturated heterocycles. The number of aromatic nitrogens is 2. The van der Waals surface area contributed by atoms with Gasteiger partial charge < -0.3 is 0 Å². The van der Waals surface area contributed by atoms with E-state index >= 15 is 0 Å². The number of benzene rings is 3. The molecule has 0 saturated carbocycles. The first-order valence-corrected chi connectivity index (χ1v) is 10.5. The van der Waals surface area contributed by atoms with Crippen molar-refractivity contribution in [2.75, 3.05) is 12.1 Å². The molecule has 0 spiro atoms. The first-order chi connectivity index (χ1) is 15.5. The zero-order valence-corrected chi connectivity index (χ0v) is 18.7. The van der Waals surface area contributed by atoms with Crippen molar-refractivity contribution in [2.24, 2.45) is 5.10 Å². The van der Waals surface area contributed by atoms with Crippen molar-refractivity contribution in [3.05, 3.63) is 105 Å². The van der Waals surface area contributed by atoms with Gasteiger partial charge in [0.2, 0.25) is 0 Å². The standard InChI is InChI=1S/C24H18BrN5O2/c1-29(26-16-19-9-5-6-10-22(19)30(31)32)23-15-21(17-7-3-2-4-8-17)27-24(28-23)18-11-13-20(25)14-12-18/h2-16H,1H3/b26-16+. The van der Waals surface area contributed by atoms with Gasteiger partial charge in [-0.15, -0.1) is 0 Å². The molecule has 0 aliphatic heterocycles. The molecule has 0 unspecified atom stereocenters. The fourth-order valence-electron chi connectivity index (χ4n) is 3.06. The molecule has 0 bridgehead atoms. The molecular formula is C24H18BrN5O2. The molecule has 4 aromatic rings. The summed E-state index contributed by atoms with van der Waals surface area (Å²) in [4.78, 5) is 20.3. The van der Waals surface area contributed by atoms with E-state index in [1.54, 1.807) is 30.3 Å². The molecule has 0 aliphatic carbocycles. The average Bonchev–Trinajstić information content (AvgIpc) is 2.83. The zero-order valence-electron chi connectivity index (χ0n) is 17.1. The molecule has 0 amide bonds. The molecule has 4 rings (SSSR count). The summed E-state index contributed by atoms with van der Waals surface area (Å²) in [6, 6.07) is 25.9. The lowest BCUT2D eigenvalue weighted by molar-refractivity contribution is -0.385.